The molecule has 2 aromatic rings. The summed E-state index contributed by atoms with van der Waals surface area (Å²) >= 11 is 0.752. The molecule has 0 saturated carbocycles. The Morgan fingerprint density at radius 1 is 1.21 bits per heavy atom. The summed E-state index contributed by atoms with van der Waals surface area (Å²) in [6.07, 6.45) is -1.63. The third kappa shape index (κ3) is 5.82. The molecule has 2 amide bonds. The highest BCUT2D eigenvalue weighted by Gasteiger charge is 2.31. The van der Waals surface area contributed by atoms with Gasteiger partial charge in [0.25, 0.3) is 11.1 Å². The topological polar surface area (TPSA) is 110 Å². The Balaban J connectivity index is 1.72. The molecule has 0 spiro atoms. The van der Waals surface area contributed by atoms with Crippen LogP contribution in [0.2, 0.25) is 0 Å². The van der Waals surface area contributed by atoms with Crippen LogP contribution in [0.4, 0.5) is 23.9 Å². The largest absolute Gasteiger partial charge is 0.573 e. The number of amides is 2. The lowest BCUT2D eigenvalue weighted by molar-refractivity contribution is -0.274. The van der Waals surface area contributed by atoms with E-state index in [0.29, 0.717) is 48.5 Å². The van der Waals surface area contributed by atoms with Crippen molar-refractivity contribution >= 4 is 34.9 Å². The lowest BCUT2D eigenvalue weighted by Gasteiger charge is -2.31. The maximum absolute atomic E-state index is 12.7. The molecule has 2 fully saturated rings. The number of rotatable bonds is 5. The smallest absolute Gasteiger partial charge is 0.406 e. The number of hydrogen-bond acceptors (Lipinski definition) is 8. The molecule has 3 N–H and O–H groups in total. The molecule has 0 aliphatic carbocycles. The zero-order valence-corrected chi connectivity index (χ0v) is 18.1. The molecule has 8 nitrogen and oxygen atoms in total. The van der Waals surface area contributed by atoms with E-state index in [-0.39, 0.29) is 10.7 Å². The fourth-order valence-electron chi connectivity index (χ4n) is 3.59. The Hall–Kier alpha value is -3.12. The second kappa shape index (κ2) is 9.40. The molecule has 1 aromatic heterocycles. The van der Waals surface area contributed by atoms with Gasteiger partial charge in [-0.1, -0.05) is 12.1 Å². The summed E-state index contributed by atoms with van der Waals surface area (Å²) < 4.78 is 42.0. The van der Waals surface area contributed by atoms with Gasteiger partial charge < -0.3 is 15.4 Å². The van der Waals surface area contributed by atoms with Crippen molar-refractivity contribution in [1.29, 1.82) is 0 Å². The van der Waals surface area contributed by atoms with E-state index >= 15 is 0 Å². The summed E-state index contributed by atoms with van der Waals surface area (Å²) in [6.45, 7) is 1.94. The van der Waals surface area contributed by atoms with E-state index < -0.39 is 17.5 Å². The number of aromatic nitrogens is 2. The lowest BCUT2D eigenvalue weighted by Crippen LogP contribution is -2.37. The van der Waals surface area contributed by atoms with Gasteiger partial charge in [-0.15, -0.1) is 13.2 Å². The van der Waals surface area contributed by atoms with Crippen LogP contribution in [0, 0.1) is 5.92 Å². The summed E-state index contributed by atoms with van der Waals surface area (Å²) in [5.41, 5.74) is 6.86. The number of benzene rings is 1. The number of hydrogen-bond donors (Lipinski definition) is 2. The fourth-order valence-corrected chi connectivity index (χ4v) is 4.26. The van der Waals surface area contributed by atoms with Crippen molar-refractivity contribution in [2.24, 2.45) is 11.7 Å². The van der Waals surface area contributed by atoms with E-state index in [1.54, 1.807) is 12.1 Å². The molecule has 2 aliphatic heterocycles. The molecule has 33 heavy (non-hydrogen) atoms. The van der Waals surface area contributed by atoms with Crippen LogP contribution in [0.15, 0.2) is 35.2 Å². The van der Waals surface area contributed by atoms with Crippen LogP contribution in [0.5, 0.6) is 5.75 Å². The number of alkyl halides is 3. The van der Waals surface area contributed by atoms with Crippen LogP contribution >= 0.6 is 11.8 Å². The average Bonchev–Trinajstić information content (AvgIpc) is 3.09. The van der Waals surface area contributed by atoms with Gasteiger partial charge in [-0.3, -0.25) is 14.9 Å². The quantitative estimate of drug-likeness (QED) is 0.627. The molecule has 174 valence electrons. The number of nitrogens with two attached hydrogens (primary N) is 1. The minimum atomic E-state index is -4.82. The molecular weight excluding hydrogens is 459 g/mol. The lowest BCUT2D eigenvalue weighted by atomic mass is 9.97. The summed E-state index contributed by atoms with van der Waals surface area (Å²) in [5, 5.41) is 1.70. The molecular formula is C21H20F3N5O3S. The minimum Gasteiger partial charge on any atom is -0.406 e. The van der Waals surface area contributed by atoms with Crippen LogP contribution in [0.25, 0.3) is 17.3 Å². The Bertz CT molecular complexity index is 1100. The van der Waals surface area contributed by atoms with Crippen LogP contribution in [-0.2, 0) is 4.79 Å². The van der Waals surface area contributed by atoms with Crippen molar-refractivity contribution in [2.45, 2.75) is 19.2 Å². The third-order valence-corrected chi connectivity index (χ3v) is 6.06. The van der Waals surface area contributed by atoms with E-state index in [0.717, 1.165) is 24.6 Å². The highest BCUT2D eigenvalue weighted by atomic mass is 32.2. The first kappa shape index (κ1) is 23.1. The number of anilines is 1. The van der Waals surface area contributed by atoms with Gasteiger partial charge in [0.2, 0.25) is 5.95 Å². The molecule has 2 saturated heterocycles. The second-order valence-corrected chi connectivity index (χ2v) is 8.59. The second-order valence-electron chi connectivity index (χ2n) is 7.57. The van der Waals surface area contributed by atoms with Gasteiger partial charge in [0.05, 0.1) is 16.3 Å². The summed E-state index contributed by atoms with van der Waals surface area (Å²) in [4.78, 5) is 34.7. The van der Waals surface area contributed by atoms with Gasteiger partial charge in [-0.2, -0.15) is 0 Å². The van der Waals surface area contributed by atoms with Gasteiger partial charge >= 0.3 is 6.36 Å². The number of thioether (sulfide) groups is 1. The first-order valence-electron chi connectivity index (χ1n) is 10.2. The number of nitrogens with zero attached hydrogens (tertiary/aromatic N) is 3. The number of halogens is 3. The molecule has 2 aliphatic rings. The molecule has 1 aromatic carbocycles. The van der Waals surface area contributed by atoms with Gasteiger partial charge in [0, 0.05) is 18.7 Å². The number of imide groups is 1. The van der Waals surface area contributed by atoms with Crippen LogP contribution in [0.1, 0.15) is 18.5 Å². The number of carbonyl (C=O) groups excluding carboxylic acids is 2. The van der Waals surface area contributed by atoms with E-state index in [2.05, 4.69) is 20.0 Å². The Kier molecular flexibility index (Phi) is 6.56. The molecule has 0 atom stereocenters. The van der Waals surface area contributed by atoms with Crippen molar-refractivity contribution in [3.63, 3.8) is 0 Å². The van der Waals surface area contributed by atoms with Crippen LogP contribution in [-0.4, -0.2) is 47.1 Å². The summed E-state index contributed by atoms with van der Waals surface area (Å²) in [6, 6.07) is 7.02. The Labute approximate surface area is 191 Å². The summed E-state index contributed by atoms with van der Waals surface area (Å²) in [5.74, 6) is -0.116. The van der Waals surface area contributed by atoms with Crippen molar-refractivity contribution in [3.8, 4) is 17.0 Å². The SMILES string of the molecule is NCC1CCN(c2nc(/C=C3\SC(=O)NC3=O)cc(-c3cccc(OC(F)(F)F)c3)n2)CC1. The molecule has 12 heteroatoms. The Morgan fingerprint density at radius 3 is 2.61 bits per heavy atom. The summed E-state index contributed by atoms with van der Waals surface area (Å²) in [7, 11) is 0. The minimum absolute atomic E-state index is 0.173. The van der Waals surface area contributed by atoms with Gasteiger partial charge in [0.1, 0.15) is 5.75 Å². The van der Waals surface area contributed by atoms with Crippen molar-refractivity contribution in [2.75, 3.05) is 24.5 Å². The van der Waals surface area contributed by atoms with Gasteiger partial charge in [0.15, 0.2) is 0 Å². The van der Waals surface area contributed by atoms with Crippen molar-refractivity contribution in [3.05, 3.63) is 40.9 Å². The standard InChI is InChI=1S/C21H20F3N5O3S/c22-21(23,24)32-15-3-1-2-13(8-15)16-9-14(10-17-18(30)28-20(31)33-17)26-19(27-16)29-6-4-12(11-25)5-7-29/h1-3,8-10,12H,4-7,11,25H2,(H,28,30,31)/b17-10-. The molecule has 3 heterocycles. The fraction of sp³-hybridized carbons (Fsp3) is 0.333. The zero-order valence-electron chi connectivity index (χ0n) is 17.3. The number of ether oxygens (including phenoxy) is 1. The average molecular weight is 479 g/mol. The van der Waals surface area contributed by atoms with E-state index in [1.807, 2.05) is 4.90 Å². The highest BCUT2D eigenvalue weighted by Crippen LogP contribution is 2.31. The van der Waals surface area contributed by atoms with Crippen molar-refractivity contribution < 1.29 is 27.5 Å². The maximum atomic E-state index is 12.7. The molecule has 4 rings (SSSR count). The van der Waals surface area contributed by atoms with Gasteiger partial charge in [-0.25, -0.2) is 9.97 Å². The first-order valence-corrected chi connectivity index (χ1v) is 11.0. The van der Waals surface area contributed by atoms with E-state index in [4.69, 9.17) is 5.73 Å². The third-order valence-electron chi connectivity index (χ3n) is 5.25. The normalized spacial score (nSPS) is 18.7. The molecule has 0 unspecified atom stereocenters. The predicted octanol–water partition coefficient (Wildman–Crippen LogP) is 3.54. The first-order chi connectivity index (χ1) is 15.7. The molecule has 0 bridgehead atoms. The maximum Gasteiger partial charge on any atom is 0.573 e. The van der Waals surface area contributed by atoms with E-state index in [1.165, 1.54) is 24.3 Å². The van der Waals surface area contributed by atoms with Crippen molar-refractivity contribution in [1.82, 2.24) is 15.3 Å². The molecule has 0 radical (unpaired) electrons. The van der Waals surface area contributed by atoms with Crippen LogP contribution < -0.4 is 20.7 Å². The number of nitrogens with one attached hydrogen (secondary N) is 1. The highest BCUT2D eigenvalue weighted by molar-refractivity contribution is 8.18. The number of piperidine rings is 1. The van der Waals surface area contributed by atoms with E-state index in [9.17, 15) is 22.8 Å². The van der Waals surface area contributed by atoms with Crippen LogP contribution in [0.3, 0.4) is 0 Å². The predicted molar refractivity (Wildman–Crippen MR) is 117 cm³/mol. The van der Waals surface area contributed by atoms with Gasteiger partial charge in [-0.05, 0) is 61.3 Å². The number of carbonyl (C=O) groups is 2. The zero-order chi connectivity index (χ0) is 23.6. The Morgan fingerprint density at radius 2 is 1.97 bits per heavy atom. The monoisotopic (exact) mass is 479 g/mol.